The van der Waals surface area contributed by atoms with Crippen molar-refractivity contribution in [3.05, 3.63) is 40.7 Å². The SMILES string of the molecule is O=C1C=C(c2ccc(F)c(Cl)c2)C(=O)N1. The van der Waals surface area contributed by atoms with Crippen LogP contribution in [0.4, 0.5) is 4.39 Å². The second-order valence-corrected chi connectivity index (χ2v) is 3.41. The van der Waals surface area contributed by atoms with Crippen molar-refractivity contribution in [3.63, 3.8) is 0 Å². The van der Waals surface area contributed by atoms with E-state index in [9.17, 15) is 14.0 Å². The third-order valence-electron chi connectivity index (χ3n) is 1.99. The summed E-state index contributed by atoms with van der Waals surface area (Å²) in [5.74, 6) is -1.54. The van der Waals surface area contributed by atoms with Gasteiger partial charge in [-0.25, -0.2) is 4.39 Å². The van der Waals surface area contributed by atoms with Gasteiger partial charge in [0.05, 0.1) is 10.6 Å². The maximum Gasteiger partial charge on any atom is 0.258 e. The van der Waals surface area contributed by atoms with Crippen LogP contribution in [0.1, 0.15) is 5.56 Å². The van der Waals surface area contributed by atoms with E-state index in [0.29, 0.717) is 5.56 Å². The molecule has 15 heavy (non-hydrogen) atoms. The molecule has 0 spiro atoms. The van der Waals surface area contributed by atoms with Crippen LogP contribution in [0.3, 0.4) is 0 Å². The van der Waals surface area contributed by atoms with Crippen LogP contribution in [-0.4, -0.2) is 11.8 Å². The lowest BCUT2D eigenvalue weighted by atomic mass is 10.1. The Kier molecular flexibility index (Phi) is 2.28. The summed E-state index contributed by atoms with van der Waals surface area (Å²) in [4.78, 5) is 22.1. The average Bonchev–Trinajstić information content (AvgIpc) is 2.50. The normalized spacial score (nSPS) is 15.2. The summed E-state index contributed by atoms with van der Waals surface area (Å²) in [6.45, 7) is 0. The summed E-state index contributed by atoms with van der Waals surface area (Å²) in [5, 5.41) is 2.01. The van der Waals surface area contributed by atoms with Crippen molar-refractivity contribution in [2.24, 2.45) is 0 Å². The lowest BCUT2D eigenvalue weighted by Gasteiger charge is -2.01. The minimum Gasteiger partial charge on any atom is -0.289 e. The van der Waals surface area contributed by atoms with E-state index in [2.05, 4.69) is 5.32 Å². The molecule has 2 rings (SSSR count). The van der Waals surface area contributed by atoms with Crippen molar-refractivity contribution in [2.45, 2.75) is 0 Å². The second-order valence-electron chi connectivity index (χ2n) is 3.01. The van der Waals surface area contributed by atoms with Crippen molar-refractivity contribution in [3.8, 4) is 0 Å². The van der Waals surface area contributed by atoms with Gasteiger partial charge in [0.1, 0.15) is 5.82 Å². The quantitative estimate of drug-likeness (QED) is 0.737. The first-order chi connectivity index (χ1) is 7.08. The first kappa shape index (κ1) is 9.86. The molecule has 1 aliphatic heterocycles. The van der Waals surface area contributed by atoms with Gasteiger partial charge >= 0.3 is 0 Å². The molecule has 0 aliphatic carbocycles. The van der Waals surface area contributed by atoms with Crippen LogP contribution in [0.2, 0.25) is 5.02 Å². The Morgan fingerprint density at radius 2 is 2.00 bits per heavy atom. The van der Waals surface area contributed by atoms with Gasteiger partial charge in [-0.1, -0.05) is 17.7 Å². The summed E-state index contributed by atoms with van der Waals surface area (Å²) in [6.07, 6.45) is 1.16. The fourth-order valence-corrected chi connectivity index (χ4v) is 1.47. The van der Waals surface area contributed by atoms with E-state index < -0.39 is 17.6 Å². The Hall–Kier alpha value is -1.68. The van der Waals surface area contributed by atoms with Crippen LogP contribution in [0.5, 0.6) is 0 Å². The van der Waals surface area contributed by atoms with E-state index in [1.54, 1.807) is 0 Å². The predicted octanol–water partition coefficient (Wildman–Crippen LogP) is 1.52. The zero-order valence-corrected chi connectivity index (χ0v) is 8.14. The van der Waals surface area contributed by atoms with Gasteiger partial charge in [0.15, 0.2) is 0 Å². The van der Waals surface area contributed by atoms with E-state index in [4.69, 9.17) is 11.6 Å². The van der Waals surface area contributed by atoms with E-state index in [-0.39, 0.29) is 10.6 Å². The highest BCUT2D eigenvalue weighted by Crippen LogP contribution is 2.23. The van der Waals surface area contributed by atoms with Crippen LogP contribution in [0.25, 0.3) is 5.57 Å². The van der Waals surface area contributed by atoms with Gasteiger partial charge in [-0.2, -0.15) is 0 Å². The molecule has 0 saturated carbocycles. The number of imide groups is 1. The Balaban J connectivity index is 2.47. The van der Waals surface area contributed by atoms with E-state index in [1.807, 2.05) is 0 Å². The number of rotatable bonds is 1. The second kappa shape index (κ2) is 3.47. The first-order valence-electron chi connectivity index (χ1n) is 4.10. The number of amides is 2. The van der Waals surface area contributed by atoms with Crippen molar-refractivity contribution in [1.29, 1.82) is 0 Å². The molecule has 76 valence electrons. The van der Waals surface area contributed by atoms with Crippen molar-refractivity contribution < 1.29 is 14.0 Å². The molecular weight excluding hydrogens is 221 g/mol. The zero-order valence-electron chi connectivity index (χ0n) is 7.38. The van der Waals surface area contributed by atoms with Gasteiger partial charge in [0, 0.05) is 6.08 Å². The number of halogens is 2. The zero-order chi connectivity index (χ0) is 11.0. The maximum atomic E-state index is 12.8. The summed E-state index contributed by atoms with van der Waals surface area (Å²) in [5.41, 5.74) is 0.617. The number of carbonyl (C=O) groups is 2. The van der Waals surface area contributed by atoms with Gasteiger partial charge in [-0.15, -0.1) is 0 Å². The molecule has 1 heterocycles. The molecule has 0 atom stereocenters. The summed E-state index contributed by atoms with van der Waals surface area (Å²) < 4.78 is 12.8. The molecule has 0 aromatic heterocycles. The van der Waals surface area contributed by atoms with Crippen molar-refractivity contribution in [2.75, 3.05) is 0 Å². The molecule has 0 saturated heterocycles. The highest BCUT2D eigenvalue weighted by Gasteiger charge is 2.22. The minimum atomic E-state index is -0.564. The molecule has 2 amide bonds. The van der Waals surface area contributed by atoms with Gasteiger partial charge in [-0.05, 0) is 17.7 Å². The number of hydrogen-bond acceptors (Lipinski definition) is 2. The van der Waals surface area contributed by atoms with Gasteiger partial charge in [-0.3, -0.25) is 14.9 Å². The van der Waals surface area contributed by atoms with Gasteiger partial charge in [0.25, 0.3) is 11.8 Å². The number of nitrogens with one attached hydrogen (secondary N) is 1. The fourth-order valence-electron chi connectivity index (χ4n) is 1.29. The third kappa shape index (κ3) is 1.76. The van der Waals surface area contributed by atoms with Gasteiger partial charge in [0.2, 0.25) is 0 Å². The average molecular weight is 226 g/mol. The van der Waals surface area contributed by atoms with Crippen LogP contribution in [0.15, 0.2) is 24.3 Å². The number of hydrogen-bond donors (Lipinski definition) is 1. The topological polar surface area (TPSA) is 46.2 Å². The third-order valence-corrected chi connectivity index (χ3v) is 2.28. The van der Waals surface area contributed by atoms with E-state index in [0.717, 1.165) is 12.1 Å². The highest BCUT2D eigenvalue weighted by atomic mass is 35.5. The summed E-state index contributed by atoms with van der Waals surface area (Å²) in [6, 6.07) is 3.85. The Morgan fingerprint density at radius 1 is 1.27 bits per heavy atom. The predicted molar refractivity (Wildman–Crippen MR) is 52.5 cm³/mol. The van der Waals surface area contributed by atoms with Crippen molar-refractivity contribution in [1.82, 2.24) is 5.32 Å². The number of carbonyl (C=O) groups excluding carboxylic acids is 2. The molecule has 5 heteroatoms. The lowest BCUT2D eigenvalue weighted by Crippen LogP contribution is -2.21. The Bertz CT molecular complexity index is 496. The molecule has 1 aliphatic rings. The van der Waals surface area contributed by atoms with Crippen molar-refractivity contribution >= 4 is 29.0 Å². The molecular formula is C10H5ClFNO2. The molecule has 1 N–H and O–H groups in total. The molecule has 0 fully saturated rings. The summed E-state index contributed by atoms with van der Waals surface area (Å²) >= 11 is 5.56. The highest BCUT2D eigenvalue weighted by molar-refractivity contribution is 6.34. The van der Waals surface area contributed by atoms with Crippen LogP contribution in [0, 0.1) is 5.82 Å². The monoisotopic (exact) mass is 225 g/mol. The Morgan fingerprint density at radius 3 is 2.53 bits per heavy atom. The standard InChI is InChI=1S/C10H5ClFNO2/c11-7-3-5(1-2-8(7)12)6-4-9(14)13-10(6)15/h1-4H,(H,13,14,15). The number of benzene rings is 1. The van der Waals surface area contributed by atoms with Crippen LogP contribution < -0.4 is 5.32 Å². The first-order valence-corrected chi connectivity index (χ1v) is 4.48. The smallest absolute Gasteiger partial charge is 0.258 e. The molecule has 1 aromatic rings. The fraction of sp³-hybridized carbons (Fsp3) is 0. The molecule has 1 aromatic carbocycles. The van der Waals surface area contributed by atoms with E-state index in [1.165, 1.54) is 12.1 Å². The molecule has 3 nitrogen and oxygen atoms in total. The largest absolute Gasteiger partial charge is 0.289 e. The van der Waals surface area contributed by atoms with Gasteiger partial charge < -0.3 is 0 Å². The Labute approximate surface area is 89.5 Å². The lowest BCUT2D eigenvalue weighted by molar-refractivity contribution is -0.123. The van der Waals surface area contributed by atoms with Crippen LogP contribution >= 0.6 is 11.6 Å². The molecule has 0 unspecified atom stereocenters. The van der Waals surface area contributed by atoms with Crippen LogP contribution in [-0.2, 0) is 9.59 Å². The maximum absolute atomic E-state index is 12.8. The summed E-state index contributed by atoms with van der Waals surface area (Å²) in [7, 11) is 0. The minimum absolute atomic E-state index is 0.0828. The molecule has 0 radical (unpaired) electrons. The van der Waals surface area contributed by atoms with E-state index >= 15 is 0 Å². The molecule has 0 bridgehead atoms.